The first kappa shape index (κ1) is 18.0. The molecular weight excluding hydrogens is 368 g/mol. The fourth-order valence-corrected chi connectivity index (χ4v) is 3.50. The minimum atomic E-state index is -1.20. The maximum atomic E-state index is 12.1. The lowest BCUT2D eigenvalue weighted by Gasteiger charge is -2.29. The first-order valence-corrected chi connectivity index (χ1v) is 8.47. The van der Waals surface area contributed by atoms with Gasteiger partial charge in [0, 0.05) is 23.3 Å². The standard InChI is InChI=1S/C20H18O8/c1-24-10-3-4-11(13(5-10)25-2)18-12-6-15-16(27-9-26-15)7-14(12)28-17(8-21)19(18)20(22)23/h3-7,18,21H,8-9H2,1-2H3,(H,22,23). The molecule has 0 radical (unpaired) electrons. The van der Waals surface area contributed by atoms with Crippen molar-refractivity contribution in [2.75, 3.05) is 27.6 Å². The Morgan fingerprint density at radius 2 is 1.82 bits per heavy atom. The van der Waals surface area contributed by atoms with E-state index in [-0.39, 0.29) is 18.1 Å². The first-order valence-electron chi connectivity index (χ1n) is 8.47. The molecule has 2 aromatic rings. The van der Waals surface area contributed by atoms with Crippen molar-refractivity contribution >= 4 is 5.97 Å². The van der Waals surface area contributed by atoms with Crippen LogP contribution in [0.4, 0.5) is 0 Å². The fraction of sp³-hybridized carbons (Fsp3) is 0.250. The van der Waals surface area contributed by atoms with E-state index < -0.39 is 18.5 Å². The lowest BCUT2D eigenvalue weighted by atomic mass is 9.81. The third-order valence-electron chi connectivity index (χ3n) is 4.76. The summed E-state index contributed by atoms with van der Waals surface area (Å²) in [5.41, 5.74) is 1.09. The van der Waals surface area contributed by atoms with E-state index in [0.29, 0.717) is 39.9 Å². The van der Waals surface area contributed by atoms with Crippen LogP contribution in [0.2, 0.25) is 0 Å². The maximum absolute atomic E-state index is 12.1. The molecule has 0 aliphatic carbocycles. The molecule has 0 fully saturated rings. The van der Waals surface area contributed by atoms with E-state index in [1.54, 1.807) is 30.3 Å². The van der Waals surface area contributed by atoms with Crippen LogP contribution in [-0.2, 0) is 4.79 Å². The van der Waals surface area contributed by atoms with Crippen LogP contribution in [0, 0.1) is 0 Å². The van der Waals surface area contributed by atoms with Crippen molar-refractivity contribution < 1.29 is 38.7 Å². The highest BCUT2D eigenvalue weighted by Crippen LogP contribution is 2.50. The lowest BCUT2D eigenvalue weighted by molar-refractivity contribution is -0.133. The molecule has 28 heavy (non-hydrogen) atoms. The number of methoxy groups -OCH3 is 2. The number of hydrogen-bond acceptors (Lipinski definition) is 7. The molecule has 0 bridgehead atoms. The predicted molar refractivity (Wildman–Crippen MR) is 96.3 cm³/mol. The third kappa shape index (κ3) is 2.78. The van der Waals surface area contributed by atoms with Crippen LogP contribution in [0.3, 0.4) is 0 Å². The van der Waals surface area contributed by atoms with Gasteiger partial charge >= 0.3 is 5.97 Å². The SMILES string of the molecule is COc1ccc(C2C(C(=O)O)=C(CO)Oc3cc4c(cc32)OCO4)c(OC)c1. The van der Waals surface area contributed by atoms with Gasteiger partial charge in [0.25, 0.3) is 0 Å². The van der Waals surface area contributed by atoms with Crippen LogP contribution in [0.15, 0.2) is 41.7 Å². The van der Waals surface area contributed by atoms with Gasteiger partial charge in [-0.25, -0.2) is 4.79 Å². The molecule has 2 heterocycles. The van der Waals surface area contributed by atoms with E-state index in [4.69, 9.17) is 23.7 Å². The van der Waals surface area contributed by atoms with Gasteiger partial charge < -0.3 is 33.9 Å². The van der Waals surface area contributed by atoms with Crippen molar-refractivity contribution in [2.24, 2.45) is 0 Å². The molecule has 2 aliphatic heterocycles. The average molecular weight is 386 g/mol. The summed E-state index contributed by atoms with van der Waals surface area (Å²) in [6.45, 7) is -0.495. The minimum Gasteiger partial charge on any atom is -0.497 e. The first-order chi connectivity index (χ1) is 13.6. The van der Waals surface area contributed by atoms with Crippen LogP contribution < -0.4 is 23.7 Å². The summed E-state index contributed by atoms with van der Waals surface area (Å²) >= 11 is 0. The minimum absolute atomic E-state index is 0.0401. The second-order valence-electron chi connectivity index (χ2n) is 6.19. The summed E-state index contributed by atoms with van der Waals surface area (Å²) in [6, 6.07) is 8.46. The Bertz CT molecular complexity index is 978. The van der Waals surface area contributed by atoms with Gasteiger partial charge in [0.05, 0.1) is 25.7 Å². The Labute approximate surface area is 160 Å². The highest BCUT2D eigenvalue weighted by molar-refractivity contribution is 5.91. The summed E-state index contributed by atoms with van der Waals surface area (Å²) in [5, 5.41) is 19.6. The van der Waals surface area contributed by atoms with Crippen molar-refractivity contribution in [3.63, 3.8) is 0 Å². The number of rotatable bonds is 5. The number of aliphatic hydroxyl groups is 1. The van der Waals surface area contributed by atoms with Gasteiger partial charge in [-0.3, -0.25) is 0 Å². The number of aliphatic hydroxyl groups excluding tert-OH is 1. The fourth-order valence-electron chi connectivity index (χ4n) is 3.50. The number of hydrogen-bond donors (Lipinski definition) is 2. The largest absolute Gasteiger partial charge is 0.497 e. The zero-order chi connectivity index (χ0) is 19.8. The van der Waals surface area contributed by atoms with E-state index in [1.807, 2.05) is 0 Å². The molecule has 0 spiro atoms. The van der Waals surface area contributed by atoms with Gasteiger partial charge in [-0.15, -0.1) is 0 Å². The molecule has 1 atom stereocenters. The number of carboxylic acids is 1. The summed E-state index contributed by atoms with van der Waals surface area (Å²) in [4.78, 5) is 12.1. The molecule has 2 N–H and O–H groups in total. The van der Waals surface area contributed by atoms with E-state index in [0.717, 1.165) is 0 Å². The van der Waals surface area contributed by atoms with Crippen LogP contribution in [0.25, 0.3) is 0 Å². The number of fused-ring (bicyclic) bond motifs is 2. The van der Waals surface area contributed by atoms with Crippen molar-refractivity contribution in [2.45, 2.75) is 5.92 Å². The molecule has 0 saturated heterocycles. The molecule has 8 heteroatoms. The number of carboxylic acid groups (broad SMARTS) is 1. The second kappa shape index (κ2) is 6.97. The number of aliphatic carboxylic acids is 1. The zero-order valence-corrected chi connectivity index (χ0v) is 15.2. The maximum Gasteiger partial charge on any atom is 0.336 e. The van der Waals surface area contributed by atoms with Gasteiger partial charge in [-0.05, 0) is 12.1 Å². The van der Waals surface area contributed by atoms with E-state index in [1.165, 1.54) is 14.2 Å². The average Bonchev–Trinajstić information content (AvgIpc) is 3.17. The monoisotopic (exact) mass is 386 g/mol. The van der Waals surface area contributed by atoms with E-state index in [9.17, 15) is 15.0 Å². The van der Waals surface area contributed by atoms with Crippen LogP contribution >= 0.6 is 0 Å². The molecular formula is C20H18O8. The molecule has 2 aliphatic rings. The smallest absolute Gasteiger partial charge is 0.336 e. The van der Waals surface area contributed by atoms with Crippen molar-refractivity contribution in [3.05, 3.63) is 52.8 Å². The van der Waals surface area contributed by atoms with Crippen LogP contribution in [0.5, 0.6) is 28.7 Å². The van der Waals surface area contributed by atoms with Crippen LogP contribution in [0.1, 0.15) is 17.0 Å². The molecule has 0 aromatic heterocycles. The highest BCUT2D eigenvalue weighted by Gasteiger charge is 2.38. The molecule has 0 saturated carbocycles. The Morgan fingerprint density at radius 3 is 2.46 bits per heavy atom. The summed E-state index contributed by atoms with van der Waals surface area (Å²) < 4.78 is 27.3. The van der Waals surface area contributed by atoms with Crippen molar-refractivity contribution in [3.8, 4) is 28.7 Å². The predicted octanol–water partition coefficient (Wildman–Crippen LogP) is 2.29. The second-order valence-corrected chi connectivity index (χ2v) is 6.19. The molecule has 1 unspecified atom stereocenters. The van der Waals surface area contributed by atoms with E-state index in [2.05, 4.69) is 0 Å². The Morgan fingerprint density at radius 1 is 1.07 bits per heavy atom. The summed E-state index contributed by atoms with van der Waals surface area (Å²) in [5.74, 6) is 0.414. The Balaban J connectivity index is 1.97. The molecule has 4 rings (SSSR count). The van der Waals surface area contributed by atoms with Crippen LogP contribution in [-0.4, -0.2) is 43.8 Å². The van der Waals surface area contributed by atoms with Gasteiger partial charge in [0.15, 0.2) is 11.5 Å². The highest BCUT2D eigenvalue weighted by atomic mass is 16.7. The molecule has 0 amide bonds. The zero-order valence-electron chi connectivity index (χ0n) is 15.2. The lowest BCUT2D eigenvalue weighted by Crippen LogP contribution is -2.24. The number of ether oxygens (including phenoxy) is 5. The Hall–Kier alpha value is -3.39. The van der Waals surface area contributed by atoms with Crippen molar-refractivity contribution in [1.82, 2.24) is 0 Å². The molecule has 146 valence electrons. The molecule has 8 nitrogen and oxygen atoms in total. The van der Waals surface area contributed by atoms with Gasteiger partial charge in [0.2, 0.25) is 6.79 Å². The summed E-state index contributed by atoms with van der Waals surface area (Å²) in [7, 11) is 3.03. The topological polar surface area (TPSA) is 104 Å². The summed E-state index contributed by atoms with van der Waals surface area (Å²) in [6.07, 6.45) is 0. The van der Waals surface area contributed by atoms with Crippen molar-refractivity contribution in [1.29, 1.82) is 0 Å². The third-order valence-corrected chi connectivity index (χ3v) is 4.76. The van der Waals surface area contributed by atoms with E-state index >= 15 is 0 Å². The normalized spacial score (nSPS) is 17.0. The molecule has 2 aromatic carbocycles. The number of benzene rings is 2. The van der Waals surface area contributed by atoms with Gasteiger partial charge in [-0.1, -0.05) is 6.07 Å². The quantitative estimate of drug-likeness (QED) is 0.807. The number of carbonyl (C=O) groups is 1. The van der Waals surface area contributed by atoms with Gasteiger partial charge in [0.1, 0.15) is 29.6 Å². The Kier molecular flexibility index (Phi) is 4.48. The van der Waals surface area contributed by atoms with Gasteiger partial charge in [-0.2, -0.15) is 0 Å².